The Bertz CT molecular complexity index is 880. The van der Waals surface area contributed by atoms with Crippen LogP contribution in [0.2, 0.25) is 0 Å². The maximum absolute atomic E-state index is 13.1. The zero-order chi connectivity index (χ0) is 22.4. The van der Waals surface area contributed by atoms with Gasteiger partial charge in [-0.2, -0.15) is 0 Å². The van der Waals surface area contributed by atoms with Crippen LogP contribution in [0.25, 0.3) is 0 Å². The topological polar surface area (TPSA) is 68.3 Å². The number of methoxy groups -OCH3 is 2. The summed E-state index contributed by atoms with van der Waals surface area (Å²) in [5, 5.41) is 0. The fraction of sp³-hybridized carbons (Fsp3) is 0.417. The van der Waals surface area contributed by atoms with Crippen molar-refractivity contribution in [2.75, 3.05) is 40.4 Å². The van der Waals surface area contributed by atoms with Gasteiger partial charge in [-0.25, -0.2) is 0 Å². The summed E-state index contributed by atoms with van der Waals surface area (Å²) >= 11 is 0. The number of rotatable bonds is 7. The Morgan fingerprint density at radius 2 is 1.45 bits per heavy atom. The summed E-state index contributed by atoms with van der Waals surface area (Å²) < 4.78 is 17.0. The number of hydrogen-bond donors (Lipinski definition) is 0. The summed E-state index contributed by atoms with van der Waals surface area (Å²) in [4.78, 5) is 28.9. The lowest BCUT2D eigenvalue weighted by Gasteiger charge is -2.35. The molecule has 2 amide bonds. The number of nitrogens with zero attached hydrogens (tertiary/aromatic N) is 2. The first-order valence-electron chi connectivity index (χ1n) is 10.5. The van der Waals surface area contributed by atoms with Gasteiger partial charge in [0, 0.05) is 37.7 Å². The normalized spacial score (nSPS) is 13.8. The summed E-state index contributed by atoms with van der Waals surface area (Å²) in [6, 6.07) is 13.1. The first-order chi connectivity index (χ1) is 14.9. The van der Waals surface area contributed by atoms with Crippen LogP contribution >= 0.6 is 0 Å². The quantitative estimate of drug-likeness (QED) is 0.680. The van der Waals surface area contributed by atoms with Crippen molar-refractivity contribution < 1.29 is 23.8 Å². The van der Waals surface area contributed by atoms with E-state index in [1.807, 2.05) is 49.1 Å². The number of carbonyl (C=O) groups excluding carboxylic acids is 2. The molecule has 2 aromatic rings. The highest BCUT2D eigenvalue weighted by molar-refractivity contribution is 5.96. The number of hydrogen-bond acceptors (Lipinski definition) is 5. The molecule has 1 aliphatic rings. The van der Waals surface area contributed by atoms with Gasteiger partial charge in [0.2, 0.25) is 11.7 Å². The van der Waals surface area contributed by atoms with Gasteiger partial charge in [-0.3, -0.25) is 9.59 Å². The highest BCUT2D eigenvalue weighted by Gasteiger charge is 2.27. The fourth-order valence-corrected chi connectivity index (χ4v) is 3.55. The van der Waals surface area contributed by atoms with Crippen LogP contribution in [0, 0.1) is 5.92 Å². The van der Waals surface area contributed by atoms with Gasteiger partial charge in [0.15, 0.2) is 11.5 Å². The molecule has 1 heterocycles. The van der Waals surface area contributed by atoms with Gasteiger partial charge in [-0.05, 0) is 17.7 Å². The molecular formula is C24H30N2O5. The van der Waals surface area contributed by atoms with E-state index in [1.165, 1.54) is 14.2 Å². The van der Waals surface area contributed by atoms with Crippen LogP contribution in [0.1, 0.15) is 29.8 Å². The van der Waals surface area contributed by atoms with Crippen molar-refractivity contribution in [3.05, 3.63) is 53.6 Å². The molecule has 0 spiro atoms. The molecule has 2 aromatic carbocycles. The lowest BCUT2D eigenvalue weighted by Crippen LogP contribution is -2.51. The molecule has 0 aromatic heterocycles. The van der Waals surface area contributed by atoms with E-state index in [1.54, 1.807) is 17.0 Å². The lowest BCUT2D eigenvalue weighted by molar-refractivity contribution is -0.135. The van der Waals surface area contributed by atoms with Crippen molar-refractivity contribution in [1.29, 1.82) is 0 Å². The molecule has 0 unspecified atom stereocenters. The molecule has 0 saturated carbocycles. The van der Waals surface area contributed by atoms with E-state index in [4.69, 9.17) is 14.2 Å². The number of benzene rings is 2. The second kappa shape index (κ2) is 10.2. The molecule has 0 bridgehead atoms. The Kier molecular flexibility index (Phi) is 7.39. The van der Waals surface area contributed by atoms with E-state index >= 15 is 0 Å². The minimum absolute atomic E-state index is 0.0424. The largest absolute Gasteiger partial charge is 0.493 e. The molecule has 31 heavy (non-hydrogen) atoms. The van der Waals surface area contributed by atoms with Crippen LogP contribution in [0.5, 0.6) is 17.2 Å². The number of ether oxygens (including phenoxy) is 3. The van der Waals surface area contributed by atoms with Crippen molar-refractivity contribution in [2.45, 2.75) is 20.5 Å². The highest BCUT2D eigenvalue weighted by atomic mass is 16.5. The van der Waals surface area contributed by atoms with Crippen LogP contribution in [0.4, 0.5) is 0 Å². The lowest BCUT2D eigenvalue weighted by atomic mass is 10.1. The average Bonchev–Trinajstić information content (AvgIpc) is 2.81. The van der Waals surface area contributed by atoms with Gasteiger partial charge in [0.25, 0.3) is 5.91 Å². The summed E-state index contributed by atoms with van der Waals surface area (Å²) in [6.45, 7) is 6.19. The number of carbonyl (C=O) groups is 2. The van der Waals surface area contributed by atoms with Crippen molar-refractivity contribution in [3.63, 3.8) is 0 Å². The maximum Gasteiger partial charge on any atom is 0.254 e. The second-order valence-corrected chi connectivity index (χ2v) is 7.76. The molecule has 0 radical (unpaired) electrons. The zero-order valence-corrected chi connectivity index (χ0v) is 18.6. The molecule has 7 heteroatoms. The molecule has 1 aliphatic heterocycles. The standard InChI is InChI=1S/C24H30N2O5/c1-17(2)23(27)25-10-12-26(13-11-25)24(28)19-14-20(29-3)22(21(15-19)30-4)31-16-18-8-6-5-7-9-18/h5-9,14-15,17H,10-13,16H2,1-4H3. The van der Waals surface area contributed by atoms with E-state index < -0.39 is 0 Å². The smallest absolute Gasteiger partial charge is 0.254 e. The summed E-state index contributed by atoms with van der Waals surface area (Å²) in [5.74, 6) is 1.29. The zero-order valence-electron chi connectivity index (χ0n) is 18.6. The first-order valence-corrected chi connectivity index (χ1v) is 10.5. The van der Waals surface area contributed by atoms with Gasteiger partial charge in [0.05, 0.1) is 14.2 Å². The Hall–Kier alpha value is -3.22. The van der Waals surface area contributed by atoms with Crippen LogP contribution in [0.15, 0.2) is 42.5 Å². The van der Waals surface area contributed by atoms with E-state index in [9.17, 15) is 9.59 Å². The van der Waals surface area contributed by atoms with E-state index in [-0.39, 0.29) is 17.7 Å². The molecule has 1 saturated heterocycles. The molecule has 3 rings (SSSR count). The molecule has 0 N–H and O–H groups in total. The summed E-state index contributed by atoms with van der Waals surface area (Å²) in [5.41, 5.74) is 1.48. The highest BCUT2D eigenvalue weighted by Crippen LogP contribution is 2.39. The molecule has 0 aliphatic carbocycles. The minimum atomic E-state index is -0.122. The fourth-order valence-electron chi connectivity index (χ4n) is 3.55. The third-order valence-corrected chi connectivity index (χ3v) is 5.31. The summed E-state index contributed by atoms with van der Waals surface area (Å²) in [7, 11) is 3.07. The molecular weight excluding hydrogens is 396 g/mol. The van der Waals surface area contributed by atoms with Gasteiger partial charge in [-0.1, -0.05) is 44.2 Å². The molecule has 0 atom stereocenters. The van der Waals surface area contributed by atoms with Crippen molar-refractivity contribution in [2.24, 2.45) is 5.92 Å². The first kappa shape index (κ1) is 22.5. The van der Waals surface area contributed by atoms with Crippen LogP contribution in [-0.2, 0) is 11.4 Å². The van der Waals surface area contributed by atoms with Gasteiger partial charge >= 0.3 is 0 Å². The Morgan fingerprint density at radius 1 is 0.903 bits per heavy atom. The molecule has 7 nitrogen and oxygen atoms in total. The number of piperazine rings is 1. The SMILES string of the molecule is COc1cc(C(=O)N2CCN(C(=O)C(C)C)CC2)cc(OC)c1OCc1ccccc1. The van der Waals surface area contributed by atoms with Crippen molar-refractivity contribution >= 4 is 11.8 Å². The van der Waals surface area contributed by atoms with Crippen LogP contribution in [0.3, 0.4) is 0 Å². The van der Waals surface area contributed by atoms with Crippen molar-refractivity contribution in [1.82, 2.24) is 9.80 Å². The number of amides is 2. The predicted octanol–water partition coefficient (Wildman–Crippen LogP) is 3.22. The average molecular weight is 427 g/mol. The monoisotopic (exact) mass is 426 g/mol. The van der Waals surface area contributed by atoms with Crippen molar-refractivity contribution in [3.8, 4) is 17.2 Å². The third kappa shape index (κ3) is 5.29. The second-order valence-electron chi connectivity index (χ2n) is 7.76. The van der Waals surface area contributed by atoms with E-state index in [0.717, 1.165) is 5.56 Å². The molecule has 166 valence electrons. The minimum Gasteiger partial charge on any atom is -0.493 e. The Balaban J connectivity index is 1.74. The summed E-state index contributed by atoms with van der Waals surface area (Å²) in [6.07, 6.45) is 0. The predicted molar refractivity (Wildman–Crippen MR) is 118 cm³/mol. The van der Waals surface area contributed by atoms with E-state index in [2.05, 4.69) is 0 Å². The van der Waals surface area contributed by atoms with Gasteiger partial charge in [0.1, 0.15) is 6.61 Å². The van der Waals surface area contributed by atoms with Gasteiger partial charge < -0.3 is 24.0 Å². The Labute approximate surface area is 183 Å². The molecule has 1 fully saturated rings. The maximum atomic E-state index is 13.1. The third-order valence-electron chi connectivity index (χ3n) is 5.31. The van der Waals surface area contributed by atoms with Gasteiger partial charge in [-0.15, -0.1) is 0 Å². The van der Waals surface area contributed by atoms with E-state index in [0.29, 0.717) is 55.6 Å². The van der Waals surface area contributed by atoms with Crippen LogP contribution < -0.4 is 14.2 Å². The van der Waals surface area contributed by atoms with Crippen LogP contribution in [-0.4, -0.2) is 62.0 Å². The Morgan fingerprint density at radius 3 is 1.97 bits per heavy atom.